The normalized spacial score (nSPS) is 23.4. The summed E-state index contributed by atoms with van der Waals surface area (Å²) in [5.41, 5.74) is 1.44. The fourth-order valence-electron chi connectivity index (χ4n) is 3.42. The average Bonchev–Trinajstić information content (AvgIpc) is 2.66. The van der Waals surface area contributed by atoms with Gasteiger partial charge in [0.15, 0.2) is 5.82 Å². The van der Waals surface area contributed by atoms with Crippen LogP contribution in [0, 0.1) is 6.92 Å². The summed E-state index contributed by atoms with van der Waals surface area (Å²) in [6.07, 6.45) is 1.94. The van der Waals surface area contributed by atoms with E-state index in [4.69, 9.17) is 9.47 Å². The standard InChI is InChI=1S/C20H25N5O3/c1-11-17-18(25(3)12(2)19(26)23-17)24-20(21-11)22-13-9-16(10-13)28-15-7-5-14(27-4)6-8-15/h5-8,12-13,16H,9-10H2,1-4H3,(H,23,26)(H,21,22,24)/t12-,13?,16?/m0/s1. The van der Waals surface area contributed by atoms with Crippen LogP contribution in [0.1, 0.15) is 25.5 Å². The van der Waals surface area contributed by atoms with Crippen LogP contribution in [-0.2, 0) is 4.79 Å². The Labute approximate surface area is 164 Å². The van der Waals surface area contributed by atoms with Crippen LogP contribution in [0.4, 0.5) is 17.5 Å². The van der Waals surface area contributed by atoms with Gasteiger partial charge in [-0.1, -0.05) is 0 Å². The molecule has 1 atom stereocenters. The fourth-order valence-corrected chi connectivity index (χ4v) is 3.42. The molecule has 2 aliphatic rings. The van der Waals surface area contributed by atoms with Crippen molar-refractivity contribution < 1.29 is 14.3 Å². The van der Waals surface area contributed by atoms with E-state index in [1.807, 2.05) is 50.1 Å². The van der Waals surface area contributed by atoms with E-state index in [0.717, 1.165) is 35.9 Å². The lowest BCUT2D eigenvalue weighted by Crippen LogP contribution is -2.45. The molecule has 8 nitrogen and oxygen atoms in total. The van der Waals surface area contributed by atoms with Crippen molar-refractivity contribution in [3.05, 3.63) is 30.0 Å². The van der Waals surface area contributed by atoms with Crippen molar-refractivity contribution in [1.82, 2.24) is 9.97 Å². The van der Waals surface area contributed by atoms with Gasteiger partial charge in [0, 0.05) is 25.9 Å². The van der Waals surface area contributed by atoms with E-state index < -0.39 is 0 Å². The summed E-state index contributed by atoms with van der Waals surface area (Å²) in [7, 11) is 3.52. The van der Waals surface area contributed by atoms with Gasteiger partial charge in [-0.15, -0.1) is 0 Å². The molecule has 0 spiro atoms. The van der Waals surface area contributed by atoms with Crippen LogP contribution in [0.2, 0.25) is 0 Å². The lowest BCUT2D eigenvalue weighted by Gasteiger charge is -2.37. The SMILES string of the molecule is COc1ccc(OC2CC(Nc3nc(C)c4c(n3)N(C)[C@@H](C)C(=O)N4)C2)cc1. The van der Waals surface area contributed by atoms with Gasteiger partial charge in [0.2, 0.25) is 11.9 Å². The monoisotopic (exact) mass is 383 g/mol. The van der Waals surface area contributed by atoms with Crippen LogP contribution in [0.3, 0.4) is 0 Å². The van der Waals surface area contributed by atoms with Crippen molar-refractivity contribution in [2.45, 2.75) is 44.9 Å². The first-order valence-electron chi connectivity index (χ1n) is 9.44. The molecule has 1 fully saturated rings. The van der Waals surface area contributed by atoms with Crippen molar-refractivity contribution in [3.8, 4) is 11.5 Å². The van der Waals surface area contributed by atoms with E-state index in [1.165, 1.54) is 0 Å². The quantitative estimate of drug-likeness (QED) is 0.820. The number of ether oxygens (including phenoxy) is 2. The van der Waals surface area contributed by atoms with Crippen molar-refractivity contribution in [1.29, 1.82) is 0 Å². The van der Waals surface area contributed by atoms with Crippen LogP contribution >= 0.6 is 0 Å². The zero-order valence-electron chi connectivity index (χ0n) is 16.5. The van der Waals surface area contributed by atoms with Crippen LogP contribution < -0.4 is 25.0 Å². The highest BCUT2D eigenvalue weighted by atomic mass is 16.5. The molecule has 1 aliphatic carbocycles. The van der Waals surface area contributed by atoms with E-state index in [0.29, 0.717) is 11.6 Å². The number of amides is 1. The van der Waals surface area contributed by atoms with Crippen molar-refractivity contribution >= 4 is 23.4 Å². The lowest BCUT2D eigenvalue weighted by molar-refractivity contribution is -0.117. The molecule has 4 rings (SSSR count). The van der Waals surface area contributed by atoms with Gasteiger partial charge in [-0.05, 0) is 38.1 Å². The summed E-state index contributed by atoms with van der Waals surface area (Å²) in [6, 6.07) is 7.62. The maximum absolute atomic E-state index is 12.0. The molecule has 2 N–H and O–H groups in total. The maximum Gasteiger partial charge on any atom is 0.246 e. The highest BCUT2D eigenvalue weighted by Gasteiger charge is 2.33. The summed E-state index contributed by atoms with van der Waals surface area (Å²) < 4.78 is 11.1. The Kier molecular flexibility index (Phi) is 4.70. The number of anilines is 3. The Morgan fingerprint density at radius 1 is 1.18 bits per heavy atom. The molecule has 0 radical (unpaired) electrons. The van der Waals surface area contributed by atoms with E-state index in [1.54, 1.807) is 7.11 Å². The van der Waals surface area contributed by atoms with Gasteiger partial charge in [0.1, 0.15) is 29.3 Å². The molecule has 28 heavy (non-hydrogen) atoms. The van der Waals surface area contributed by atoms with Crippen molar-refractivity contribution in [2.75, 3.05) is 29.7 Å². The average molecular weight is 383 g/mol. The van der Waals surface area contributed by atoms with Gasteiger partial charge in [0.05, 0.1) is 12.8 Å². The van der Waals surface area contributed by atoms with Crippen LogP contribution in [0.15, 0.2) is 24.3 Å². The van der Waals surface area contributed by atoms with E-state index >= 15 is 0 Å². The first-order valence-corrected chi connectivity index (χ1v) is 9.44. The van der Waals surface area contributed by atoms with E-state index in [9.17, 15) is 4.79 Å². The number of likely N-dealkylation sites (N-methyl/N-ethyl adjacent to an activating group) is 1. The van der Waals surface area contributed by atoms with Gasteiger partial charge in [-0.25, -0.2) is 4.98 Å². The number of aromatic nitrogens is 2. The summed E-state index contributed by atoms with van der Waals surface area (Å²) >= 11 is 0. The number of aryl methyl sites for hydroxylation is 1. The van der Waals surface area contributed by atoms with Gasteiger partial charge in [0.25, 0.3) is 0 Å². The summed E-state index contributed by atoms with van der Waals surface area (Å²) in [4.78, 5) is 23.0. The molecular weight excluding hydrogens is 358 g/mol. The molecule has 8 heteroatoms. The second-order valence-corrected chi connectivity index (χ2v) is 7.34. The van der Waals surface area contributed by atoms with Crippen LogP contribution in [-0.4, -0.2) is 48.2 Å². The Morgan fingerprint density at radius 3 is 2.54 bits per heavy atom. The van der Waals surface area contributed by atoms with Gasteiger partial charge >= 0.3 is 0 Å². The Hall–Kier alpha value is -3.03. The second kappa shape index (κ2) is 7.18. The number of rotatable bonds is 5. The third-order valence-electron chi connectivity index (χ3n) is 5.40. The number of carbonyl (C=O) groups excluding carboxylic acids is 1. The van der Waals surface area contributed by atoms with Crippen LogP contribution in [0.5, 0.6) is 11.5 Å². The number of fused-ring (bicyclic) bond motifs is 1. The molecule has 1 amide bonds. The first-order chi connectivity index (χ1) is 13.4. The third kappa shape index (κ3) is 3.42. The Morgan fingerprint density at radius 2 is 1.86 bits per heavy atom. The molecule has 0 bridgehead atoms. The first kappa shape index (κ1) is 18.3. The zero-order chi connectivity index (χ0) is 19.8. The molecule has 1 aromatic carbocycles. The molecule has 1 aromatic heterocycles. The number of nitrogens with one attached hydrogen (secondary N) is 2. The molecule has 1 aliphatic heterocycles. The molecule has 2 aromatic rings. The lowest BCUT2D eigenvalue weighted by atomic mass is 9.89. The Balaban J connectivity index is 1.37. The number of methoxy groups -OCH3 is 1. The summed E-state index contributed by atoms with van der Waals surface area (Å²) in [5, 5.41) is 6.29. The van der Waals surface area contributed by atoms with E-state index in [-0.39, 0.29) is 24.1 Å². The summed E-state index contributed by atoms with van der Waals surface area (Å²) in [5.74, 6) is 2.94. The largest absolute Gasteiger partial charge is 0.497 e. The fraction of sp³-hybridized carbons (Fsp3) is 0.450. The van der Waals surface area contributed by atoms with Gasteiger partial charge in [-0.2, -0.15) is 4.98 Å². The minimum Gasteiger partial charge on any atom is -0.497 e. The second-order valence-electron chi connectivity index (χ2n) is 7.34. The van der Waals surface area contributed by atoms with Crippen LogP contribution in [0.25, 0.3) is 0 Å². The zero-order valence-corrected chi connectivity index (χ0v) is 16.5. The highest BCUT2D eigenvalue weighted by Crippen LogP contribution is 2.34. The third-order valence-corrected chi connectivity index (χ3v) is 5.40. The Bertz CT molecular complexity index is 880. The minimum absolute atomic E-state index is 0.0417. The van der Waals surface area contributed by atoms with Crippen molar-refractivity contribution in [2.24, 2.45) is 0 Å². The number of hydrogen-bond acceptors (Lipinski definition) is 7. The molecule has 2 heterocycles. The topological polar surface area (TPSA) is 88.6 Å². The molecule has 148 valence electrons. The molecular formula is C20H25N5O3. The van der Waals surface area contributed by atoms with Crippen molar-refractivity contribution in [3.63, 3.8) is 0 Å². The number of hydrogen-bond donors (Lipinski definition) is 2. The number of nitrogens with zero attached hydrogens (tertiary/aromatic N) is 3. The smallest absolute Gasteiger partial charge is 0.246 e. The maximum atomic E-state index is 12.0. The highest BCUT2D eigenvalue weighted by molar-refractivity contribution is 6.03. The van der Waals surface area contributed by atoms with Gasteiger partial charge < -0.3 is 25.0 Å². The summed E-state index contributed by atoms with van der Waals surface area (Å²) in [6.45, 7) is 3.74. The molecule has 1 saturated carbocycles. The molecule has 0 saturated heterocycles. The van der Waals surface area contributed by atoms with Gasteiger partial charge in [-0.3, -0.25) is 4.79 Å². The predicted octanol–water partition coefficient (Wildman–Crippen LogP) is 2.59. The number of benzene rings is 1. The minimum atomic E-state index is -0.263. The predicted molar refractivity (Wildman–Crippen MR) is 107 cm³/mol. The number of carbonyl (C=O) groups is 1. The molecule has 0 unspecified atom stereocenters. The van der Waals surface area contributed by atoms with E-state index in [2.05, 4.69) is 20.6 Å².